The molecule has 0 aliphatic heterocycles. The molecule has 7 heteroatoms. The second kappa shape index (κ2) is 10.1. The predicted octanol–water partition coefficient (Wildman–Crippen LogP) is 3.83. The number of rotatable bonds is 5. The number of methoxy groups -OCH3 is 1. The Morgan fingerprint density at radius 3 is 2.43 bits per heavy atom. The number of nitrogens with zero attached hydrogens (tertiary/aromatic N) is 1. The summed E-state index contributed by atoms with van der Waals surface area (Å²) in [6, 6.07) is 3.78. The molecule has 0 fully saturated rings. The molecule has 1 aromatic carbocycles. The van der Waals surface area contributed by atoms with Crippen LogP contribution in [0.3, 0.4) is 0 Å². The van der Waals surface area contributed by atoms with E-state index in [0.29, 0.717) is 29.7 Å². The fourth-order valence-corrected chi connectivity index (χ4v) is 2.17. The van der Waals surface area contributed by atoms with Crippen LogP contribution in [0, 0.1) is 0 Å². The first-order chi connectivity index (χ1) is 10.3. The second-order valence-electron chi connectivity index (χ2n) is 5.84. The quantitative estimate of drug-likeness (QED) is 0.402. The van der Waals surface area contributed by atoms with Crippen LogP contribution in [0.4, 0.5) is 0 Å². The minimum atomic E-state index is -0.0595. The molecule has 0 spiro atoms. The molecule has 0 bridgehead atoms. The highest BCUT2D eigenvalue weighted by Crippen LogP contribution is 2.36. The summed E-state index contributed by atoms with van der Waals surface area (Å²) in [6.45, 7) is 9.27. The Labute approximate surface area is 161 Å². The summed E-state index contributed by atoms with van der Waals surface area (Å²) in [7, 11) is 3.35. The third kappa shape index (κ3) is 7.48. The van der Waals surface area contributed by atoms with E-state index in [-0.39, 0.29) is 29.5 Å². The Kier molecular flexibility index (Phi) is 9.68. The molecule has 5 nitrogen and oxygen atoms in total. The fourth-order valence-electron chi connectivity index (χ4n) is 1.88. The van der Waals surface area contributed by atoms with Gasteiger partial charge < -0.3 is 20.1 Å². The average Bonchev–Trinajstić information content (AvgIpc) is 2.44. The summed E-state index contributed by atoms with van der Waals surface area (Å²) in [4.78, 5) is 4.21. The van der Waals surface area contributed by atoms with Gasteiger partial charge in [-0.3, -0.25) is 4.99 Å². The topological polar surface area (TPSA) is 54.9 Å². The lowest BCUT2D eigenvalue weighted by atomic mass is 10.1. The molecule has 0 saturated carbocycles. The molecule has 0 aromatic heterocycles. The number of benzene rings is 1. The van der Waals surface area contributed by atoms with E-state index in [2.05, 4.69) is 36.4 Å². The van der Waals surface area contributed by atoms with Crippen molar-refractivity contribution in [2.75, 3.05) is 20.8 Å². The molecule has 0 radical (unpaired) electrons. The SMILES string of the molecule is CCOc1c(Cl)cc(CNC(=NC)NC(C)(C)C)cc1OC.I. The Morgan fingerprint density at radius 1 is 1.30 bits per heavy atom. The van der Waals surface area contributed by atoms with Gasteiger partial charge in [0.25, 0.3) is 0 Å². The Morgan fingerprint density at radius 2 is 1.96 bits per heavy atom. The molecule has 23 heavy (non-hydrogen) atoms. The number of aliphatic imine (C=N–C) groups is 1. The van der Waals surface area contributed by atoms with E-state index in [0.717, 1.165) is 11.5 Å². The van der Waals surface area contributed by atoms with Gasteiger partial charge in [-0.15, -0.1) is 24.0 Å². The van der Waals surface area contributed by atoms with Crippen LogP contribution in [0.1, 0.15) is 33.3 Å². The van der Waals surface area contributed by atoms with Gasteiger partial charge in [-0.05, 0) is 45.4 Å². The summed E-state index contributed by atoms with van der Waals surface area (Å²) in [6.07, 6.45) is 0. The molecule has 0 amide bonds. The predicted molar refractivity (Wildman–Crippen MR) is 108 cm³/mol. The molecule has 0 unspecified atom stereocenters. The van der Waals surface area contributed by atoms with Crippen molar-refractivity contribution in [2.45, 2.75) is 39.8 Å². The highest BCUT2D eigenvalue weighted by atomic mass is 127. The van der Waals surface area contributed by atoms with E-state index in [4.69, 9.17) is 21.1 Å². The van der Waals surface area contributed by atoms with Crippen molar-refractivity contribution in [2.24, 2.45) is 4.99 Å². The minimum Gasteiger partial charge on any atom is -0.493 e. The molecule has 0 aliphatic rings. The van der Waals surface area contributed by atoms with Gasteiger partial charge in [-0.25, -0.2) is 0 Å². The third-order valence-electron chi connectivity index (χ3n) is 2.75. The highest BCUT2D eigenvalue weighted by molar-refractivity contribution is 14.0. The molecule has 132 valence electrons. The van der Waals surface area contributed by atoms with Gasteiger partial charge in [-0.2, -0.15) is 0 Å². The largest absolute Gasteiger partial charge is 0.493 e. The van der Waals surface area contributed by atoms with Crippen LogP contribution in [0.2, 0.25) is 5.02 Å². The highest BCUT2D eigenvalue weighted by Gasteiger charge is 2.14. The van der Waals surface area contributed by atoms with Gasteiger partial charge in [0.15, 0.2) is 17.5 Å². The first-order valence-corrected chi connectivity index (χ1v) is 7.66. The van der Waals surface area contributed by atoms with E-state index in [1.165, 1.54) is 0 Å². The van der Waals surface area contributed by atoms with E-state index >= 15 is 0 Å². The van der Waals surface area contributed by atoms with Crippen LogP contribution in [0.25, 0.3) is 0 Å². The van der Waals surface area contributed by atoms with E-state index in [1.807, 2.05) is 19.1 Å². The van der Waals surface area contributed by atoms with Crippen molar-refractivity contribution >= 4 is 41.5 Å². The zero-order valence-corrected chi connectivity index (χ0v) is 17.7. The Balaban J connectivity index is 0.00000484. The summed E-state index contributed by atoms with van der Waals surface area (Å²) < 4.78 is 10.9. The summed E-state index contributed by atoms with van der Waals surface area (Å²) in [5.74, 6) is 1.94. The fraction of sp³-hybridized carbons (Fsp3) is 0.562. The van der Waals surface area contributed by atoms with Crippen LogP contribution in [-0.2, 0) is 6.54 Å². The van der Waals surface area contributed by atoms with Gasteiger partial charge in [0.05, 0.1) is 18.7 Å². The zero-order valence-electron chi connectivity index (χ0n) is 14.6. The molecule has 0 aliphatic carbocycles. The first-order valence-electron chi connectivity index (χ1n) is 7.28. The molecule has 0 heterocycles. The van der Waals surface area contributed by atoms with Gasteiger partial charge in [-0.1, -0.05) is 11.6 Å². The lowest BCUT2D eigenvalue weighted by molar-refractivity contribution is 0.311. The smallest absolute Gasteiger partial charge is 0.191 e. The Hall–Kier alpha value is -0.890. The van der Waals surface area contributed by atoms with Gasteiger partial charge >= 0.3 is 0 Å². The molecule has 0 atom stereocenters. The molecule has 0 saturated heterocycles. The summed E-state index contributed by atoms with van der Waals surface area (Å²) >= 11 is 6.27. The third-order valence-corrected chi connectivity index (χ3v) is 3.04. The normalized spacial score (nSPS) is 11.5. The van der Waals surface area contributed by atoms with Crippen LogP contribution >= 0.6 is 35.6 Å². The van der Waals surface area contributed by atoms with Gasteiger partial charge in [0.1, 0.15) is 0 Å². The molecule has 1 rings (SSSR count). The second-order valence-corrected chi connectivity index (χ2v) is 6.25. The number of nitrogens with one attached hydrogen (secondary N) is 2. The Bertz CT molecular complexity index is 531. The standard InChI is InChI=1S/C16H26ClN3O2.HI/c1-7-22-14-12(17)8-11(9-13(14)21-6)10-19-15(18-5)20-16(2,3)4;/h8-9H,7,10H2,1-6H3,(H2,18,19,20);1H. The van der Waals surface area contributed by atoms with Crippen molar-refractivity contribution in [3.8, 4) is 11.5 Å². The van der Waals surface area contributed by atoms with Crippen LogP contribution in [-0.4, -0.2) is 32.3 Å². The maximum absolute atomic E-state index is 6.27. The van der Waals surface area contributed by atoms with Gasteiger partial charge in [0, 0.05) is 19.1 Å². The maximum atomic E-state index is 6.27. The van der Waals surface area contributed by atoms with Crippen molar-refractivity contribution < 1.29 is 9.47 Å². The van der Waals surface area contributed by atoms with Crippen molar-refractivity contribution in [3.05, 3.63) is 22.7 Å². The lowest BCUT2D eigenvalue weighted by Crippen LogP contribution is -2.47. The minimum absolute atomic E-state index is 0. The zero-order chi connectivity index (χ0) is 16.8. The molecule has 1 aromatic rings. The van der Waals surface area contributed by atoms with Gasteiger partial charge in [0.2, 0.25) is 0 Å². The molecular weight excluding hydrogens is 429 g/mol. The number of guanidine groups is 1. The van der Waals surface area contributed by atoms with E-state index < -0.39 is 0 Å². The average molecular weight is 456 g/mol. The van der Waals surface area contributed by atoms with Crippen molar-refractivity contribution in [3.63, 3.8) is 0 Å². The first kappa shape index (κ1) is 22.1. The lowest BCUT2D eigenvalue weighted by Gasteiger charge is -2.24. The number of halogens is 2. The molecular formula is C16H27ClIN3O2. The van der Waals surface area contributed by atoms with E-state index in [9.17, 15) is 0 Å². The number of hydrogen-bond acceptors (Lipinski definition) is 3. The van der Waals surface area contributed by atoms with Crippen molar-refractivity contribution in [1.29, 1.82) is 0 Å². The number of hydrogen-bond donors (Lipinski definition) is 2. The van der Waals surface area contributed by atoms with Crippen LogP contribution in [0.15, 0.2) is 17.1 Å². The van der Waals surface area contributed by atoms with Crippen LogP contribution < -0.4 is 20.1 Å². The molecule has 2 N–H and O–H groups in total. The van der Waals surface area contributed by atoms with Crippen LogP contribution in [0.5, 0.6) is 11.5 Å². The monoisotopic (exact) mass is 455 g/mol. The summed E-state index contributed by atoms with van der Waals surface area (Å²) in [5, 5.41) is 7.10. The maximum Gasteiger partial charge on any atom is 0.191 e. The van der Waals surface area contributed by atoms with E-state index in [1.54, 1.807) is 14.2 Å². The van der Waals surface area contributed by atoms with Crippen molar-refractivity contribution in [1.82, 2.24) is 10.6 Å². The number of ether oxygens (including phenoxy) is 2. The summed E-state index contributed by atoms with van der Waals surface area (Å²) in [5.41, 5.74) is 0.929.